The lowest BCUT2D eigenvalue weighted by Gasteiger charge is -2.09. The highest BCUT2D eigenvalue weighted by molar-refractivity contribution is 5.99. The van der Waals surface area contributed by atoms with Gasteiger partial charge in [-0.25, -0.2) is 0 Å². The summed E-state index contributed by atoms with van der Waals surface area (Å²) >= 11 is 0. The number of para-hydroxylation sites is 1. The van der Waals surface area contributed by atoms with Crippen molar-refractivity contribution in [3.8, 4) is 11.5 Å². The molecule has 2 N–H and O–H groups in total. The van der Waals surface area contributed by atoms with Gasteiger partial charge >= 0.3 is 0 Å². The van der Waals surface area contributed by atoms with Gasteiger partial charge in [0.1, 0.15) is 11.5 Å². The number of hydrogen-bond donors (Lipinski definition) is 2. The van der Waals surface area contributed by atoms with E-state index >= 15 is 0 Å². The molecule has 0 atom stereocenters. The van der Waals surface area contributed by atoms with Crippen LogP contribution in [0.25, 0.3) is 0 Å². The van der Waals surface area contributed by atoms with E-state index in [1.165, 1.54) is 0 Å². The van der Waals surface area contributed by atoms with E-state index < -0.39 is 0 Å². The molecular weight excluding hydrogens is 328 g/mol. The Morgan fingerprint density at radius 3 is 1.96 bits per heavy atom. The van der Waals surface area contributed by atoms with Gasteiger partial charge in [0, 0.05) is 11.3 Å². The molecule has 3 rings (SSSR count). The van der Waals surface area contributed by atoms with Crippen molar-refractivity contribution >= 4 is 17.5 Å². The third-order valence-corrected chi connectivity index (χ3v) is 3.56. The van der Waals surface area contributed by atoms with Crippen molar-refractivity contribution in [3.05, 3.63) is 90.5 Å². The SMILES string of the molecule is O=C(CNC(=O)c1ccccc1)Nc1ccc(Oc2ccccc2)cc1. The second-order valence-electron chi connectivity index (χ2n) is 5.54. The zero-order valence-corrected chi connectivity index (χ0v) is 14.0. The first kappa shape index (κ1) is 17.2. The lowest BCUT2D eigenvalue weighted by Crippen LogP contribution is -2.32. The van der Waals surface area contributed by atoms with Crippen LogP contribution in [0.3, 0.4) is 0 Å². The first-order chi connectivity index (χ1) is 12.7. The number of amides is 2. The number of hydrogen-bond acceptors (Lipinski definition) is 3. The van der Waals surface area contributed by atoms with Crippen LogP contribution in [-0.4, -0.2) is 18.4 Å². The number of benzene rings is 3. The van der Waals surface area contributed by atoms with Crippen LogP contribution < -0.4 is 15.4 Å². The van der Waals surface area contributed by atoms with Gasteiger partial charge in [-0.3, -0.25) is 9.59 Å². The largest absolute Gasteiger partial charge is 0.457 e. The van der Waals surface area contributed by atoms with E-state index in [4.69, 9.17) is 4.74 Å². The molecule has 0 aromatic heterocycles. The first-order valence-corrected chi connectivity index (χ1v) is 8.17. The van der Waals surface area contributed by atoms with Crippen LogP contribution >= 0.6 is 0 Å². The fourth-order valence-electron chi connectivity index (χ4n) is 2.29. The van der Waals surface area contributed by atoms with Crippen LogP contribution in [0.2, 0.25) is 0 Å². The minimum atomic E-state index is -0.300. The molecule has 0 aliphatic carbocycles. The Labute approximate surface area is 151 Å². The minimum Gasteiger partial charge on any atom is -0.457 e. The van der Waals surface area contributed by atoms with Crippen molar-refractivity contribution in [1.82, 2.24) is 5.32 Å². The Hall–Kier alpha value is -3.60. The molecule has 0 unspecified atom stereocenters. The molecule has 26 heavy (non-hydrogen) atoms. The summed E-state index contributed by atoms with van der Waals surface area (Å²) in [4.78, 5) is 23.9. The Balaban J connectivity index is 1.49. The molecule has 2 amide bonds. The number of rotatable bonds is 6. The summed E-state index contributed by atoms with van der Waals surface area (Å²) in [6.45, 7) is -0.101. The summed E-state index contributed by atoms with van der Waals surface area (Å²) in [7, 11) is 0. The van der Waals surface area contributed by atoms with Crippen molar-refractivity contribution in [1.29, 1.82) is 0 Å². The van der Waals surface area contributed by atoms with Gasteiger partial charge in [0.15, 0.2) is 0 Å². The molecule has 0 saturated heterocycles. The average Bonchev–Trinajstić information content (AvgIpc) is 2.69. The number of carbonyl (C=O) groups is 2. The summed E-state index contributed by atoms with van der Waals surface area (Å²) in [5.41, 5.74) is 1.15. The standard InChI is InChI=1S/C21H18N2O3/c24-20(15-22-21(25)16-7-3-1-4-8-16)23-17-11-13-19(14-12-17)26-18-9-5-2-6-10-18/h1-14H,15H2,(H,22,25)(H,23,24). The third kappa shape index (κ3) is 4.95. The molecule has 5 nitrogen and oxygen atoms in total. The van der Waals surface area contributed by atoms with E-state index in [-0.39, 0.29) is 18.4 Å². The van der Waals surface area contributed by atoms with E-state index in [1.807, 2.05) is 36.4 Å². The van der Waals surface area contributed by atoms with Crippen LogP contribution in [0.1, 0.15) is 10.4 Å². The molecule has 0 fully saturated rings. The lowest BCUT2D eigenvalue weighted by molar-refractivity contribution is -0.115. The quantitative estimate of drug-likeness (QED) is 0.712. The molecule has 3 aromatic carbocycles. The molecule has 0 aliphatic rings. The van der Waals surface area contributed by atoms with Crippen LogP contribution in [0, 0.1) is 0 Å². The summed E-state index contributed by atoms with van der Waals surface area (Å²) < 4.78 is 5.70. The fraction of sp³-hybridized carbons (Fsp3) is 0.0476. The summed E-state index contributed by atoms with van der Waals surface area (Å²) in [5.74, 6) is 0.831. The van der Waals surface area contributed by atoms with Crippen molar-refractivity contribution < 1.29 is 14.3 Å². The monoisotopic (exact) mass is 346 g/mol. The maximum Gasteiger partial charge on any atom is 0.251 e. The zero-order chi connectivity index (χ0) is 18.2. The maximum atomic E-state index is 12.0. The van der Waals surface area contributed by atoms with Gasteiger partial charge in [-0.1, -0.05) is 36.4 Å². The minimum absolute atomic E-state index is 0.101. The molecule has 0 bridgehead atoms. The van der Waals surface area contributed by atoms with Gasteiger partial charge in [-0.15, -0.1) is 0 Å². The van der Waals surface area contributed by atoms with Crippen molar-refractivity contribution in [2.45, 2.75) is 0 Å². The lowest BCUT2D eigenvalue weighted by atomic mass is 10.2. The molecule has 0 heterocycles. The van der Waals surface area contributed by atoms with Gasteiger partial charge in [0.2, 0.25) is 5.91 Å². The van der Waals surface area contributed by atoms with Gasteiger partial charge in [-0.05, 0) is 48.5 Å². The highest BCUT2D eigenvalue weighted by Crippen LogP contribution is 2.22. The second-order valence-corrected chi connectivity index (χ2v) is 5.54. The van der Waals surface area contributed by atoms with Crippen LogP contribution in [-0.2, 0) is 4.79 Å². The van der Waals surface area contributed by atoms with Gasteiger partial charge in [0.05, 0.1) is 6.54 Å². The highest BCUT2D eigenvalue weighted by Gasteiger charge is 2.08. The summed E-state index contributed by atoms with van der Waals surface area (Å²) in [6.07, 6.45) is 0. The Morgan fingerprint density at radius 1 is 0.731 bits per heavy atom. The number of anilines is 1. The normalized spacial score (nSPS) is 10.0. The van der Waals surface area contributed by atoms with E-state index in [1.54, 1.807) is 48.5 Å². The van der Waals surface area contributed by atoms with Crippen molar-refractivity contribution in [2.75, 3.05) is 11.9 Å². The molecule has 0 spiro atoms. The van der Waals surface area contributed by atoms with E-state index in [0.29, 0.717) is 17.0 Å². The van der Waals surface area contributed by atoms with E-state index in [9.17, 15) is 9.59 Å². The Kier molecular flexibility index (Phi) is 5.62. The van der Waals surface area contributed by atoms with E-state index in [2.05, 4.69) is 10.6 Å². The predicted molar refractivity (Wildman–Crippen MR) is 100 cm³/mol. The molecule has 0 aliphatic heterocycles. The van der Waals surface area contributed by atoms with Crippen LogP contribution in [0.15, 0.2) is 84.9 Å². The molecule has 5 heteroatoms. The second kappa shape index (κ2) is 8.48. The smallest absolute Gasteiger partial charge is 0.251 e. The topological polar surface area (TPSA) is 67.4 Å². The fourth-order valence-corrected chi connectivity index (χ4v) is 2.29. The third-order valence-electron chi connectivity index (χ3n) is 3.56. The summed E-state index contributed by atoms with van der Waals surface area (Å²) in [6, 6.07) is 25.2. The number of nitrogens with one attached hydrogen (secondary N) is 2. The van der Waals surface area contributed by atoms with Crippen LogP contribution in [0.5, 0.6) is 11.5 Å². The van der Waals surface area contributed by atoms with Gasteiger partial charge in [-0.2, -0.15) is 0 Å². The number of carbonyl (C=O) groups excluding carboxylic acids is 2. The number of ether oxygens (including phenoxy) is 1. The molecule has 0 radical (unpaired) electrons. The predicted octanol–water partition coefficient (Wildman–Crippen LogP) is 3.85. The molecule has 130 valence electrons. The molecular formula is C21H18N2O3. The Morgan fingerprint density at radius 2 is 1.31 bits per heavy atom. The Bertz CT molecular complexity index is 863. The van der Waals surface area contributed by atoms with Crippen LogP contribution in [0.4, 0.5) is 5.69 Å². The summed E-state index contributed by atoms with van der Waals surface area (Å²) in [5, 5.41) is 5.32. The van der Waals surface area contributed by atoms with Gasteiger partial charge < -0.3 is 15.4 Å². The van der Waals surface area contributed by atoms with Gasteiger partial charge in [0.25, 0.3) is 5.91 Å². The van der Waals surface area contributed by atoms with Crippen molar-refractivity contribution in [3.63, 3.8) is 0 Å². The zero-order valence-electron chi connectivity index (χ0n) is 14.0. The first-order valence-electron chi connectivity index (χ1n) is 8.17. The molecule has 3 aromatic rings. The maximum absolute atomic E-state index is 12.0. The highest BCUT2D eigenvalue weighted by atomic mass is 16.5. The van der Waals surface area contributed by atoms with E-state index in [0.717, 1.165) is 5.75 Å². The average molecular weight is 346 g/mol. The van der Waals surface area contributed by atoms with Crippen molar-refractivity contribution in [2.24, 2.45) is 0 Å². The molecule has 0 saturated carbocycles.